The van der Waals surface area contributed by atoms with Gasteiger partial charge in [-0.05, 0) is 31.5 Å². The maximum atomic E-state index is 12.7. The van der Waals surface area contributed by atoms with Crippen molar-refractivity contribution >= 4 is 23.5 Å². The van der Waals surface area contributed by atoms with Gasteiger partial charge >= 0.3 is 5.97 Å². The topological polar surface area (TPSA) is 66.8 Å². The zero-order valence-electron chi connectivity index (χ0n) is 12.0. The van der Waals surface area contributed by atoms with Gasteiger partial charge in [-0.3, -0.25) is 4.79 Å². The van der Waals surface area contributed by atoms with Gasteiger partial charge in [0, 0.05) is 11.6 Å². The Balaban J connectivity index is 2.17. The van der Waals surface area contributed by atoms with Crippen LogP contribution in [0.1, 0.15) is 19.4 Å². The second-order valence-corrected chi connectivity index (χ2v) is 6.02. The van der Waals surface area contributed by atoms with Crippen molar-refractivity contribution in [2.75, 3.05) is 19.7 Å². The molecule has 1 unspecified atom stereocenters. The third-order valence-electron chi connectivity index (χ3n) is 3.73. The number of ether oxygens (including phenoxy) is 1. The summed E-state index contributed by atoms with van der Waals surface area (Å²) in [6.45, 7) is 4.36. The second-order valence-electron chi connectivity index (χ2n) is 5.58. The molecule has 5 nitrogen and oxygen atoms in total. The summed E-state index contributed by atoms with van der Waals surface area (Å²) in [4.78, 5) is 25.3. The molecule has 21 heavy (non-hydrogen) atoms. The maximum absolute atomic E-state index is 12.7. The largest absolute Gasteiger partial charge is 0.479 e. The Labute approximate surface area is 128 Å². The minimum atomic E-state index is -1.04. The highest BCUT2D eigenvalue weighted by Crippen LogP contribution is 2.27. The van der Waals surface area contributed by atoms with Crippen molar-refractivity contribution in [1.82, 2.24) is 4.90 Å². The fraction of sp³-hybridized carbons (Fsp3) is 0.467. The predicted octanol–water partition coefficient (Wildman–Crippen LogP) is 1.93. The summed E-state index contributed by atoms with van der Waals surface area (Å²) in [6.07, 6.45) is -0.955. The predicted molar refractivity (Wildman–Crippen MR) is 78.4 cm³/mol. The zero-order valence-corrected chi connectivity index (χ0v) is 12.8. The zero-order chi connectivity index (χ0) is 15.6. The third kappa shape index (κ3) is 3.36. The van der Waals surface area contributed by atoms with Crippen molar-refractivity contribution in [3.8, 4) is 0 Å². The monoisotopic (exact) mass is 311 g/mol. The molecule has 2 rings (SSSR count). The number of aliphatic carboxylic acids is 1. The quantitative estimate of drug-likeness (QED) is 0.926. The number of morpholine rings is 1. The Kier molecular flexibility index (Phi) is 4.54. The number of halogens is 1. The van der Waals surface area contributed by atoms with Crippen molar-refractivity contribution in [1.29, 1.82) is 0 Å². The molecule has 1 aromatic carbocycles. The van der Waals surface area contributed by atoms with E-state index in [-0.39, 0.29) is 19.1 Å². The van der Waals surface area contributed by atoms with E-state index in [1.807, 2.05) is 26.0 Å². The van der Waals surface area contributed by atoms with Crippen LogP contribution < -0.4 is 0 Å². The lowest BCUT2D eigenvalue weighted by molar-refractivity contribution is -0.160. The Morgan fingerprint density at radius 3 is 2.52 bits per heavy atom. The molecule has 1 amide bonds. The summed E-state index contributed by atoms with van der Waals surface area (Å²) >= 11 is 5.87. The van der Waals surface area contributed by atoms with E-state index in [4.69, 9.17) is 21.4 Å². The Morgan fingerprint density at radius 1 is 1.33 bits per heavy atom. The van der Waals surface area contributed by atoms with Crippen LogP contribution in [0, 0.1) is 0 Å². The number of hydrogen-bond acceptors (Lipinski definition) is 3. The van der Waals surface area contributed by atoms with Crippen LogP contribution in [0.4, 0.5) is 0 Å². The Morgan fingerprint density at radius 2 is 1.95 bits per heavy atom. The Hall–Kier alpha value is -1.59. The molecule has 0 radical (unpaired) electrons. The van der Waals surface area contributed by atoms with Gasteiger partial charge in [-0.25, -0.2) is 4.79 Å². The molecule has 0 aromatic heterocycles. The van der Waals surface area contributed by atoms with Gasteiger partial charge < -0.3 is 14.7 Å². The van der Waals surface area contributed by atoms with Gasteiger partial charge in [0.15, 0.2) is 6.10 Å². The van der Waals surface area contributed by atoms with Crippen LogP contribution in [0.5, 0.6) is 0 Å². The second kappa shape index (κ2) is 6.03. The van der Waals surface area contributed by atoms with Crippen LogP contribution in [-0.2, 0) is 19.7 Å². The molecule has 1 fully saturated rings. The van der Waals surface area contributed by atoms with Gasteiger partial charge in [0.05, 0.1) is 18.6 Å². The van der Waals surface area contributed by atoms with Gasteiger partial charge in [0.2, 0.25) is 5.91 Å². The van der Waals surface area contributed by atoms with E-state index in [0.717, 1.165) is 5.56 Å². The number of carbonyl (C=O) groups excluding carboxylic acids is 1. The molecule has 114 valence electrons. The van der Waals surface area contributed by atoms with Crippen molar-refractivity contribution < 1.29 is 19.4 Å². The van der Waals surface area contributed by atoms with Crippen LogP contribution >= 0.6 is 11.6 Å². The highest BCUT2D eigenvalue weighted by molar-refractivity contribution is 6.30. The molecule has 1 heterocycles. The lowest BCUT2D eigenvalue weighted by atomic mass is 9.83. The highest BCUT2D eigenvalue weighted by atomic mass is 35.5. The molecule has 0 saturated carbocycles. The van der Waals surface area contributed by atoms with Crippen molar-refractivity contribution in [3.63, 3.8) is 0 Å². The normalized spacial score (nSPS) is 19.4. The van der Waals surface area contributed by atoms with E-state index in [9.17, 15) is 9.59 Å². The van der Waals surface area contributed by atoms with E-state index in [1.165, 1.54) is 0 Å². The van der Waals surface area contributed by atoms with Crippen LogP contribution in [-0.4, -0.2) is 47.7 Å². The summed E-state index contributed by atoms with van der Waals surface area (Å²) < 4.78 is 5.14. The smallest absolute Gasteiger partial charge is 0.334 e. The number of carbonyl (C=O) groups is 2. The first-order valence-corrected chi connectivity index (χ1v) is 7.10. The van der Waals surface area contributed by atoms with E-state index >= 15 is 0 Å². The fourth-order valence-corrected chi connectivity index (χ4v) is 2.49. The number of amides is 1. The standard InChI is InChI=1S/C15H18ClNO4/c1-15(2,10-3-5-11(16)6-4-10)14(20)17-7-8-21-12(9-17)13(18)19/h3-6,12H,7-9H2,1-2H3,(H,18,19). The molecule has 1 aliphatic heterocycles. The van der Waals surface area contributed by atoms with Gasteiger partial charge in [0.1, 0.15) is 0 Å². The van der Waals surface area contributed by atoms with E-state index in [2.05, 4.69) is 0 Å². The van der Waals surface area contributed by atoms with Gasteiger partial charge in [0.25, 0.3) is 0 Å². The third-order valence-corrected chi connectivity index (χ3v) is 3.98. The summed E-state index contributed by atoms with van der Waals surface area (Å²) in [5, 5.41) is 9.62. The first-order valence-electron chi connectivity index (χ1n) is 6.72. The van der Waals surface area contributed by atoms with Gasteiger partial charge in [-0.1, -0.05) is 23.7 Å². The van der Waals surface area contributed by atoms with Crippen molar-refractivity contribution in [2.45, 2.75) is 25.4 Å². The minimum Gasteiger partial charge on any atom is -0.479 e. The number of carboxylic acids is 1. The molecule has 6 heteroatoms. The summed E-state index contributed by atoms with van der Waals surface area (Å²) in [7, 11) is 0. The van der Waals surface area contributed by atoms with Crippen molar-refractivity contribution in [3.05, 3.63) is 34.9 Å². The average Bonchev–Trinajstić information content (AvgIpc) is 2.47. The first-order chi connectivity index (χ1) is 9.82. The molecule has 1 atom stereocenters. The number of carboxylic acid groups (broad SMARTS) is 1. The van der Waals surface area contributed by atoms with Gasteiger partial charge in [-0.15, -0.1) is 0 Å². The summed E-state index contributed by atoms with van der Waals surface area (Å²) in [6, 6.07) is 7.11. The molecular weight excluding hydrogens is 294 g/mol. The van der Waals surface area contributed by atoms with Crippen LogP contribution in [0.3, 0.4) is 0 Å². The summed E-state index contributed by atoms with van der Waals surface area (Å²) in [5.74, 6) is -1.16. The molecular formula is C15H18ClNO4. The maximum Gasteiger partial charge on any atom is 0.334 e. The number of benzene rings is 1. The van der Waals surface area contributed by atoms with Gasteiger partial charge in [-0.2, -0.15) is 0 Å². The fourth-order valence-electron chi connectivity index (χ4n) is 2.37. The van der Waals surface area contributed by atoms with E-state index < -0.39 is 17.5 Å². The summed E-state index contributed by atoms with van der Waals surface area (Å²) in [5.41, 5.74) is 0.0978. The molecule has 0 bridgehead atoms. The number of nitrogens with zero attached hydrogens (tertiary/aromatic N) is 1. The molecule has 1 saturated heterocycles. The van der Waals surface area contributed by atoms with Crippen LogP contribution in [0.2, 0.25) is 5.02 Å². The first kappa shape index (κ1) is 15.8. The highest BCUT2D eigenvalue weighted by Gasteiger charge is 2.37. The molecule has 1 aliphatic rings. The molecule has 0 aliphatic carbocycles. The molecule has 1 aromatic rings. The molecule has 1 N–H and O–H groups in total. The minimum absolute atomic E-state index is 0.0746. The van der Waals surface area contributed by atoms with Crippen LogP contribution in [0.15, 0.2) is 24.3 Å². The number of rotatable bonds is 3. The lowest BCUT2D eigenvalue weighted by Gasteiger charge is -2.36. The van der Waals surface area contributed by atoms with E-state index in [0.29, 0.717) is 11.6 Å². The van der Waals surface area contributed by atoms with E-state index in [1.54, 1.807) is 17.0 Å². The van der Waals surface area contributed by atoms with Crippen molar-refractivity contribution in [2.24, 2.45) is 0 Å². The lowest BCUT2D eigenvalue weighted by Crippen LogP contribution is -2.53. The Bertz CT molecular complexity index is 541. The average molecular weight is 312 g/mol. The number of hydrogen-bond donors (Lipinski definition) is 1. The molecule has 0 spiro atoms. The van der Waals surface area contributed by atoms with Crippen LogP contribution in [0.25, 0.3) is 0 Å². The SMILES string of the molecule is CC(C)(C(=O)N1CCOC(C(=O)O)C1)c1ccc(Cl)cc1.